The Morgan fingerprint density at radius 2 is 1.86 bits per heavy atom. The minimum Gasteiger partial charge on any atom is -0.506 e. The van der Waals surface area contributed by atoms with Crippen molar-refractivity contribution >= 4 is 22.3 Å². The summed E-state index contributed by atoms with van der Waals surface area (Å²) in [6.07, 6.45) is 0.995. The van der Waals surface area contributed by atoms with Crippen molar-refractivity contribution in [2.24, 2.45) is 0 Å². The maximum Gasteiger partial charge on any atom is 0.141 e. The number of hydrogen-bond donors (Lipinski definition) is 1. The number of para-hydroxylation sites is 2. The number of fused-ring (bicyclic) bond motifs is 3. The van der Waals surface area contributed by atoms with Crippen molar-refractivity contribution < 1.29 is 5.11 Å². The summed E-state index contributed by atoms with van der Waals surface area (Å²) in [4.78, 5) is 6.92. The van der Waals surface area contributed by atoms with E-state index in [9.17, 15) is 5.11 Å². The van der Waals surface area contributed by atoms with Gasteiger partial charge in [-0.2, -0.15) is 0 Å². The van der Waals surface area contributed by atoms with Gasteiger partial charge in [-0.3, -0.25) is 0 Å². The molecule has 0 amide bonds. The first-order valence-electron chi connectivity index (χ1n) is 7.19. The van der Waals surface area contributed by atoms with Gasteiger partial charge in [-0.15, -0.1) is 0 Å². The summed E-state index contributed by atoms with van der Waals surface area (Å²) < 4.78 is 0. The van der Waals surface area contributed by atoms with Gasteiger partial charge >= 0.3 is 0 Å². The molecule has 3 heteroatoms. The number of aryl methyl sites for hydroxylation is 1. The number of rotatable bonds is 1. The lowest BCUT2D eigenvalue weighted by atomic mass is 10.1. The van der Waals surface area contributed by atoms with E-state index in [0.29, 0.717) is 5.52 Å². The third-order valence-electron chi connectivity index (χ3n) is 4.20. The molecule has 2 heterocycles. The Bertz CT molecular complexity index is 827. The topological polar surface area (TPSA) is 36.4 Å². The van der Waals surface area contributed by atoms with E-state index in [0.717, 1.165) is 24.0 Å². The fourth-order valence-corrected chi connectivity index (χ4v) is 3.22. The standard InChI is InChI=1S/C18H16N2O/c1-12-14-10-11-20(13-6-3-2-4-7-13)18(14)15-8-5-9-16(21)17(15)19-12/h2-9,21H,10-11H2,1H3. The molecule has 0 saturated carbocycles. The van der Waals surface area contributed by atoms with Crippen molar-refractivity contribution in [1.82, 2.24) is 4.98 Å². The first kappa shape index (κ1) is 12.2. The molecule has 3 aromatic rings. The van der Waals surface area contributed by atoms with Gasteiger partial charge in [0.05, 0.1) is 5.69 Å². The van der Waals surface area contributed by atoms with Gasteiger partial charge in [0, 0.05) is 23.3 Å². The molecular formula is C18H16N2O. The van der Waals surface area contributed by atoms with Gasteiger partial charge in [0.15, 0.2) is 0 Å². The van der Waals surface area contributed by atoms with E-state index in [1.807, 2.05) is 25.1 Å². The van der Waals surface area contributed by atoms with Crippen molar-refractivity contribution in [2.75, 3.05) is 11.4 Å². The highest BCUT2D eigenvalue weighted by molar-refractivity contribution is 5.99. The number of pyridine rings is 1. The van der Waals surface area contributed by atoms with Gasteiger partial charge in [-0.05, 0) is 37.1 Å². The third kappa shape index (κ3) is 1.77. The Labute approximate surface area is 123 Å². The largest absolute Gasteiger partial charge is 0.506 e. The van der Waals surface area contributed by atoms with Crippen LogP contribution in [0.1, 0.15) is 11.3 Å². The zero-order valence-electron chi connectivity index (χ0n) is 11.9. The highest BCUT2D eigenvalue weighted by Gasteiger charge is 2.26. The Morgan fingerprint density at radius 3 is 2.67 bits per heavy atom. The molecule has 0 radical (unpaired) electrons. The lowest BCUT2D eigenvalue weighted by molar-refractivity contribution is 0.480. The van der Waals surface area contributed by atoms with Crippen LogP contribution in [0.25, 0.3) is 10.9 Å². The van der Waals surface area contributed by atoms with Crippen molar-refractivity contribution in [1.29, 1.82) is 0 Å². The van der Waals surface area contributed by atoms with Crippen molar-refractivity contribution in [3.8, 4) is 5.75 Å². The molecule has 3 nitrogen and oxygen atoms in total. The molecule has 1 aliphatic rings. The summed E-state index contributed by atoms with van der Waals surface area (Å²) in [5.74, 6) is 0.248. The van der Waals surface area contributed by atoms with Crippen LogP contribution in [-0.4, -0.2) is 16.6 Å². The maximum absolute atomic E-state index is 10.1. The van der Waals surface area contributed by atoms with Crippen LogP contribution in [0, 0.1) is 6.92 Å². The Kier molecular flexibility index (Phi) is 2.61. The number of hydrogen-bond acceptors (Lipinski definition) is 3. The number of phenolic OH excluding ortho intramolecular Hbond substituents is 1. The van der Waals surface area contributed by atoms with Crippen LogP contribution in [0.15, 0.2) is 48.5 Å². The second-order valence-electron chi connectivity index (χ2n) is 5.43. The van der Waals surface area contributed by atoms with Gasteiger partial charge < -0.3 is 10.0 Å². The molecule has 0 saturated heterocycles. The van der Waals surface area contributed by atoms with Gasteiger partial charge in [0.25, 0.3) is 0 Å². The molecule has 4 rings (SSSR count). The summed E-state index contributed by atoms with van der Waals surface area (Å²) >= 11 is 0. The Hall–Kier alpha value is -2.55. The summed E-state index contributed by atoms with van der Waals surface area (Å²) in [5.41, 5.74) is 5.37. The minimum atomic E-state index is 0.248. The third-order valence-corrected chi connectivity index (χ3v) is 4.20. The molecule has 0 aliphatic carbocycles. The Balaban J connectivity index is 2.03. The second-order valence-corrected chi connectivity index (χ2v) is 5.43. The summed E-state index contributed by atoms with van der Waals surface area (Å²) in [5, 5.41) is 11.1. The summed E-state index contributed by atoms with van der Waals surface area (Å²) in [6.45, 7) is 2.98. The minimum absolute atomic E-state index is 0.248. The number of nitrogens with zero attached hydrogens (tertiary/aromatic N) is 2. The van der Waals surface area contributed by atoms with Crippen LogP contribution in [0.4, 0.5) is 11.4 Å². The summed E-state index contributed by atoms with van der Waals surface area (Å²) in [6, 6.07) is 16.0. The Morgan fingerprint density at radius 1 is 1.05 bits per heavy atom. The first-order chi connectivity index (χ1) is 10.3. The maximum atomic E-state index is 10.1. The molecular weight excluding hydrogens is 260 g/mol. The molecule has 2 aromatic carbocycles. The molecule has 1 N–H and O–H groups in total. The van der Waals surface area contributed by atoms with Gasteiger partial charge in [-0.1, -0.05) is 30.3 Å². The fourth-order valence-electron chi connectivity index (χ4n) is 3.22. The number of anilines is 2. The number of aromatic hydroxyl groups is 1. The molecule has 104 valence electrons. The van der Waals surface area contributed by atoms with Crippen LogP contribution in [-0.2, 0) is 6.42 Å². The normalized spacial score (nSPS) is 13.7. The van der Waals surface area contributed by atoms with Crippen molar-refractivity contribution in [3.63, 3.8) is 0 Å². The SMILES string of the molecule is Cc1nc2c(O)cccc2c2c1CCN2c1ccccc1. The van der Waals surface area contributed by atoms with E-state index < -0.39 is 0 Å². The fraction of sp³-hybridized carbons (Fsp3) is 0.167. The second kappa shape index (κ2) is 4.48. The number of benzene rings is 2. The molecule has 21 heavy (non-hydrogen) atoms. The predicted molar refractivity (Wildman–Crippen MR) is 85.3 cm³/mol. The van der Waals surface area contributed by atoms with Crippen molar-refractivity contribution in [3.05, 3.63) is 59.8 Å². The van der Waals surface area contributed by atoms with E-state index in [1.165, 1.54) is 16.9 Å². The van der Waals surface area contributed by atoms with Crippen LogP contribution in [0.3, 0.4) is 0 Å². The zero-order valence-corrected chi connectivity index (χ0v) is 11.9. The van der Waals surface area contributed by atoms with Crippen LogP contribution < -0.4 is 4.90 Å². The van der Waals surface area contributed by atoms with Crippen LogP contribution >= 0.6 is 0 Å². The lowest BCUT2D eigenvalue weighted by Gasteiger charge is -2.21. The van der Waals surface area contributed by atoms with E-state index in [4.69, 9.17) is 0 Å². The van der Waals surface area contributed by atoms with Gasteiger partial charge in [0.2, 0.25) is 0 Å². The first-order valence-corrected chi connectivity index (χ1v) is 7.19. The van der Waals surface area contributed by atoms with E-state index in [2.05, 4.69) is 34.1 Å². The molecule has 1 aliphatic heterocycles. The molecule has 0 fully saturated rings. The van der Waals surface area contributed by atoms with E-state index in [1.54, 1.807) is 6.07 Å². The molecule has 1 aromatic heterocycles. The van der Waals surface area contributed by atoms with Crippen LogP contribution in [0.5, 0.6) is 5.75 Å². The van der Waals surface area contributed by atoms with E-state index in [-0.39, 0.29) is 5.75 Å². The number of aromatic nitrogens is 1. The highest BCUT2D eigenvalue weighted by Crippen LogP contribution is 2.42. The quantitative estimate of drug-likeness (QED) is 0.731. The van der Waals surface area contributed by atoms with Gasteiger partial charge in [-0.25, -0.2) is 4.98 Å². The van der Waals surface area contributed by atoms with E-state index >= 15 is 0 Å². The molecule has 0 atom stereocenters. The monoisotopic (exact) mass is 276 g/mol. The zero-order chi connectivity index (χ0) is 14.4. The van der Waals surface area contributed by atoms with Crippen LogP contribution in [0.2, 0.25) is 0 Å². The predicted octanol–water partition coefficient (Wildman–Crippen LogP) is 3.94. The molecule has 0 unspecified atom stereocenters. The van der Waals surface area contributed by atoms with Crippen molar-refractivity contribution in [2.45, 2.75) is 13.3 Å². The average molecular weight is 276 g/mol. The average Bonchev–Trinajstić information content (AvgIpc) is 2.95. The molecule has 0 bridgehead atoms. The lowest BCUT2D eigenvalue weighted by Crippen LogP contribution is -2.13. The number of phenols is 1. The summed E-state index contributed by atoms with van der Waals surface area (Å²) in [7, 11) is 0. The van der Waals surface area contributed by atoms with Gasteiger partial charge in [0.1, 0.15) is 11.3 Å². The highest BCUT2D eigenvalue weighted by atomic mass is 16.3. The smallest absolute Gasteiger partial charge is 0.141 e. The molecule has 0 spiro atoms.